The molecule has 3 N–H and O–H groups in total. The Labute approximate surface area is 116 Å². The van der Waals surface area contributed by atoms with Crippen molar-refractivity contribution in [1.29, 1.82) is 0 Å². The number of aryl methyl sites for hydroxylation is 1. The fourth-order valence-electron chi connectivity index (χ4n) is 3.03. The number of rotatable bonds is 1. The minimum atomic E-state index is -0.361. The first-order chi connectivity index (χ1) is 9.58. The zero-order valence-electron chi connectivity index (χ0n) is 11.6. The molecule has 1 aromatic carbocycles. The number of carbonyl (C=O) groups is 1. The third kappa shape index (κ3) is 2.03. The predicted octanol–water partition coefficient (Wildman–Crippen LogP) is 2.44. The smallest absolute Gasteiger partial charge is 0.333 e. The molecule has 1 aliphatic carbocycles. The van der Waals surface area contributed by atoms with Crippen LogP contribution in [0.4, 0.5) is 5.69 Å². The summed E-state index contributed by atoms with van der Waals surface area (Å²) in [5.74, 6) is -0.108. The van der Waals surface area contributed by atoms with Gasteiger partial charge >= 0.3 is 5.69 Å². The number of aromatic nitrogens is 2. The number of nitrogens with zero attached hydrogens (tertiary/aromatic N) is 1. The second kappa shape index (κ2) is 4.81. The zero-order valence-corrected chi connectivity index (χ0v) is 11.6. The number of hydrogen-bond donors (Lipinski definition) is 2. The van der Waals surface area contributed by atoms with Crippen LogP contribution in [-0.2, 0) is 0 Å². The normalized spacial score (nSPS) is 16.6. The lowest BCUT2D eigenvalue weighted by Gasteiger charge is -2.20. The van der Waals surface area contributed by atoms with E-state index in [-0.39, 0.29) is 17.5 Å². The molecule has 1 heterocycles. The van der Waals surface area contributed by atoms with Crippen molar-refractivity contribution in [2.24, 2.45) is 5.92 Å². The van der Waals surface area contributed by atoms with Crippen LogP contribution in [0.1, 0.15) is 42.5 Å². The summed E-state index contributed by atoms with van der Waals surface area (Å²) >= 11 is 0. The van der Waals surface area contributed by atoms with Crippen LogP contribution in [0.25, 0.3) is 11.0 Å². The molecular weight excluding hydrogens is 254 g/mol. The molecule has 5 nitrogen and oxygen atoms in total. The predicted molar refractivity (Wildman–Crippen MR) is 78.9 cm³/mol. The number of hydrogen-bond acceptors (Lipinski definition) is 3. The molecule has 3 rings (SSSR count). The molecule has 2 aromatic rings. The van der Waals surface area contributed by atoms with Crippen molar-refractivity contribution < 1.29 is 4.79 Å². The molecule has 1 fully saturated rings. The van der Waals surface area contributed by atoms with E-state index < -0.39 is 0 Å². The highest BCUT2D eigenvalue weighted by atomic mass is 16.2. The molecule has 1 aliphatic rings. The molecule has 0 radical (unpaired) electrons. The van der Waals surface area contributed by atoms with Gasteiger partial charge in [0.15, 0.2) is 0 Å². The fourth-order valence-corrected chi connectivity index (χ4v) is 3.03. The van der Waals surface area contributed by atoms with E-state index in [9.17, 15) is 9.59 Å². The highest BCUT2D eigenvalue weighted by Gasteiger charge is 2.25. The Balaban J connectivity index is 2.10. The fraction of sp³-hybridized carbons (Fsp3) is 0.467. The third-order valence-electron chi connectivity index (χ3n) is 4.24. The molecule has 5 heteroatoms. The van der Waals surface area contributed by atoms with E-state index in [1.165, 1.54) is 11.0 Å². The summed E-state index contributed by atoms with van der Waals surface area (Å²) in [5.41, 5.74) is 8.25. The van der Waals surface area contributed by atoms with Crippen LogP contribution in [-0.4, -0.2) is 15.5 Å². The van der Waals surface area contributed by atoms with Crippen LogP contribution in [0.15, 0.2) is 16.9 Å². The van der Waals surface area contributed by atoms with E-state index in [0.717, 1.165) is 31.2 Å². The second-order valence-electron chi connectivity index (χ2n) is 5.66. The number of anilines is 1. The van der Waals surface area contributed by atoms with E-state index in [2.05, 4.69) is 4.98 Å². The number of aromatic amines is 1. The zero-order chi connectivity index (χ0) is 14.3. The number of H-pyrrole nitrogens is 1. The highest BCUT2D eigenvalue weighted by molar-refractivity contribution is 5.93. The van der Waals surface area contributed by atoms with Crippen LogP contribution in [0.5, 0.6) is 0 Å². The van der Waals surface area contributed by atoms with Crippen molar-refractivity contribution in [2.45, 2.75) is 39.0 Å². The van der Waals surface area contributed by atoms with E-state index in [0.29, 0.717) is 16.7 Å². The molecule has 20 heavy (non-hydrogen) atoms. The van der Waals surface area contributed by atoms with Gasteiger partial charge in [0, 0.05) is 11.6 Å². The third-order valence-corrected chi connectivity index (χ3v) is 4.24. The minimum Gasteiger partial charge on any atom is -0.398 e. The monoisotopic (exact) mass is 273 g/mol. The van der Waals surface area contributed by atoms with Gasteiger partial charge in [-0.05, 0) is 37.5 Å². The Bertz CT molecular complexity index is 721. The standard InChI is InChI=1S/C15H19N3O2/c1-9-7-13-12(8-11(9)16)17-15(20)18(13)14(19)10-5-3-2-4-6-10/h7-8,10H,2-6,16H2,1H3,(H,17,20). The largest absolute Gasteiger partial charge is 0.398 e. The Morgan fingerprint density at radius 2 is 2.00 bits per heavy atom. The number of nitrogen functional groups attached to an aromatic ring is 1. The average Bonchev–Trinajstić information content (AvgIpc) is 2.75. The highest BCUT2D eigenvalue weighted by Crippen LogP contribution is 2.26. The van der Waals surface area contributed by atoms with Crippen molar-refractivity contribution in [3.05, 3.63) is 28.2 Å². The summed E-state index contributed by atoms with van der Waals surface area (Å²) in [5, 5.41) is 0. The summed E-state index contributed by atoms with van der Waals surface area (Å²) in [7, 11) is 0. The Morgan fingerprint density at radius 1 is 1.30 bits per heavy atom. The van der Waals surface area contributed by atoms with Crippen molar-refractivity contribution in [3.63, 3.8) is 0 Å². The van der Waals surface area contributed by atoms with Gasteiger partial charge in [0.25, 0.3) is 0 Å². The molecular formula is C15H19N3O2. The van der Waals surface area contributed by atoms with Gasteiger partial charge in [-0.25, -0.2) is 9.36 Å². The number of nitrogens with two attached hydrogens (primary N) is 1. The number of carbonyl (C=O) groups excluding carboxylic acids is 1. The van der Waals surface area contributed by atoms with Crippen LogP contribution in [0.2, 0.25) is 0 Å². The summed E-state index contributed by atoms with van der Waals surface area (Å²) < 4.78 is 1.29. The SMILES string of the molecule is Cc1cc2c(cc1N)[nH]c(=O)n2C(=O)C1CCCCC1. The number of benzene rings is 1. The topological polar surface area (TPSA) is 80.9 Å². The number of fused-ring (bicyclic) bond motifs is 1. The maximum absolute atomic E-state index is 12.6. The van der Waals surface area contributed by atoms with Crippen LogP contribution in [0, 0.1) is 12.8 Å². The molecule has 0 saturated heterocycles. The van der Waals surface area contributed by atoms with Crippen molar-refractivity contribution in [2.75, 3.05) is 5.73 Å². The molecule has 0 aliphatic heterocycles. The summed E-state index contributed by atoms with van der Waals surface area (Å²) in [6.45, 7) is 1.88. The molecule has 0 unspecified atom stereocenters. The first-order valence-electron chi connectivity index (χ1n) is 7.13. The Hall–Kier alpha value is -2.04. The van der Waals surface area contributed by atoms with Gasteiger partial charge in [-0.15, -0.1) is 0 Å². The van der Waals surface area contributed by atoms with Crippen LogP contribution >= 0.6 is 0 Å². The number of imidazole rings is 1. The van der Waals surface area contributed by atoms with E-state index >= 15 is 0 Å². The summed E-state index contributed by atoms with van der Waals surface area (Å²) in [4.78, 5) is 27.4. The van der Waals surface area contributed by atoms with Gasteiger partial charge in [-0.1, -0.05) is 19.3 Å². The lowest BCUT2D eigenvalue weighted by atomic mass is 9.88. The van der Waals surface area contributed by atoms with Gasteiger partial charge < -0.3 is 10.7 Å². The van der Waals surface area contributed by atoms with Gasteiger partial charge in [0.1, 0.15) is 0 Å². The van der Waals surface area contributed by atoms with Crippen molar-refractivity contribution in [3.8, 4) is 0 Å². The Kier molecular flexibility index (Phi) is 3.12. The summed E-state index contributed by atoms with van der Waals surface area (Å²) in [6.07, 6.45) is 5.08. The van der Waals surface area contributed by atoms with Crippen LogP contribution in [0.3, 0.4) is 0 Å². The molecule has 0 bridgehead atoms. The number of nitrogens with one attached hydrogen (secondary N) is 1. The lowest BCUT2D eigenvalue weighted by Crippen LogP contribution is -2.31. The minimum absolute atomic E-state index is 0.0293. The summed E-state index contributed by atoms with van der Waals surface area (Å²) in [6, 6.07) is 3.53. The Morgan fingerprint density at radius 3 is 2.70 bits per heavy atom. The van der Waals surface area contributed by atoms with Crippen molar-refractivity contribution >= 4 is 22.6 Å². The molecule has 0 spiro atoms. The van der Waals surface area contributed by atoms with E-state index in [1.807, 2.05) is 13.0 Å². The molecule has 0 atom stereocenters. The lowest BCUT2D eigenvalue weighted by molar-refractivity contribution is 0.0803. The molecule has 106 valence electrons. The second-order valence-corrected chi connectivity index (χ2v) is 5.66. The first kappa shape index (κ1) is 13.0. The van der Waals surface area contributed by atoms with Crippen LogP contribution < -0.4 is 11.4 Å². The van der Waals surface area contributed by atoms with Crippen molar-refractivity contribution in [1.82, 2.24) is 9.55 Å². The van der Waals surface area contributed by atoms with Gasteiger partial charge in [-0.3, -0.25) is 4.79 Å². The molecule has 0 amide bonds. The van der Waals surface area contributed by atoms with Gasteiger partial charge in [-0.2, -0.15) is 0 Å². The quantitative estimate of drug-likeness (QED) is 0.783. The maximum atomic E-state index is 12.6. The van der Waals surface area contributed by atoms with Gasteiger partial charge in [0.05, 0.1) is 11.0 Å². The first-order valence-corrected chi connectivity index (χ1v) is 7.13. The van der Waals surface area contributed by atoms with E-state index in [1.54, 1.807) is 6.07 Å². The van der Waals surface area contributed by atoms with Gasteiger partial charge in [0.2, 0.25) is 5.91 Å². The van der Waals surface area contributed by atoms with E-state index in [4.69, 9.17) is 5.73 Å². The molecule has 1 aromatic heterocycles. The maximum Gasteiger partial charge on any atom is 0.333 e. The average molecular weight is 273 g/mol. The molecule has 1 saturated carbocycles.